The van der Waals surface area contributed by atoms with E-state index < -0.39 is 0 Å². The van der Waals surface area contributed by atoms with E-state index in [1.807, 2.05) is 42.1 Å². The lowest BCUT2D eigenvalue weighted by atomic mass is 9.96. The van der Waals surface area contributed by atoms with E-state index in [1.165, 1.54) is 0 Å². The van der Waals surface area contributed by atoms with Crippen molar-refractivity contribution in [3.05, 3.63) is 94.5 Å². The van der Waals surface area contributed by atoms with Crippen molar-refractivity contribution >= 4 is 23.6 Å². The Hall–Kier alpha value is -4.44. The van der Waals surface area contributed by atoms with Crippen molar-refractivity contribution in [3.63, 3.8) is 0 Å². The molecule has 0 bridgehead atoms. The highest BCUT2D eigenvalue weighted by Crippen LogP contribution is 2.51. The Morgan fingerprint density at radius 3 is 2.44 bits per heavy atom. The van der Waals surface area contributed by atoms with Crippen molar-refractivity contribution < 1.29 is 4.79 Å². The molecule has 1 fully saturated rings. The van der Waals surface area contributed by atoms with Crippen LogP contribution in [0.25, 0.3) is 16.8 Å². The summed E-state index contributed by atoms with van der Waals surface area (Å²) in [6, 6.07) is 14.4. The van der Waals surface area contributed by atoms with Gasteiger partial charge >= 0.3 is 0 Å². The number of unbranched alkanes of at least 4 members (excludes halogenated alkanes) is 2. The molecule has 3 aromatic heterocycles. The minimum Gasteiger partial charge on any atom is -0.296 e. The molecule has 1 saturated carbocycles. The predicted octanol–water partition coefficient (Wildman–Crippen LogP) is 5.21. The number of aldehydes is 1. The fourth-order valence-electron chi connectivity index (χ4n) is 5.49. The van der Waals surface area contributed by atoms with E-state index in [4.69, 9.17) is 16.6 Å². The van der Waals surface area contributed by atoms with Crippen LogP contribution in [-0.4, -0.2) is 51.5 Å². The molecular weight excluding hydrogens is 538 g/mol. The predicted molar refractivity (Wildman–Crippen MR) is 155 cm³/mol. The van der Waals surface area contributed by atoms with Gasteiger partial charge in [-0.25, -0.2) is 0 Å². The summed E-state index contributed by atoms with van der Waals surface area (Å²) >= 11 is 6.23. The second-order valence-corrected chi connectivity index (χ2v) is 11.2. The van der Waals surface area contributed by atoms with Crippen LogP contribution in [0, 0.1) is 6.92 Å². The molecule has 41 heavy (non-hydrogen) atoms. The van der Waals surface area contributed by atoms with Gasteiger partial charge in [-0.15, -0.1) is 15.3 Å². The lowest BCUT2D eigenvalue weighted by molar-refractivity contribution is 0.111. The molecule has 0 radical (unpaired) electrons. The first-order chi connectivity index (χ1) is 20.0. The molecule has 0 amide bonds. The van der Waals surface area contributed by atoms with E-state index in [-0.39, 0.29) is 5.54 Å². The van der Waals surface area contributed by atoms with Gasteiger partial charge in [-0.05, 0) is 68.9 Å². The highest BCUT2D eigenvalue weighted by molar-refractivity contribution is 6.30. The van der Waals surface area contributed by atoms with Crippen molar-refractivity contribution in [1.82, 2.24) is 39.5 Å². The number of aromatic nitrogens is 8. The molecule has 0 N–H and O–H groups in total. The summed E-state index contributed by atoms with van der Waals surface area (Å²) in [5, 5.41) is 22.1. The fourth-order valence-corrected chi connectivity index (χ4v) is 5.62. The zero-order chi connectivity index (χ0) is 28.0. The topological polar surface area (TPSA) is 109 Å². The first kappa shape index (κ1) is 25.5. The van der Waals surface area contributed by atoms with Crippen molar-refractivity contribution in [1.29, 1.82) is 0 Å². The molecule has 0 unspecified atom stereocenters. The molecule has 0 saturated heterocycles. The van der Waals surface area contributed by atoms with Gasteiger partial charge in [-0.2, -0.15) is 5.10 Å². The third-order valence-electron chi connectivity index (χ3n) is 7.82. The monoisotopic (exact) mass is 565 g/mol. The van der Waals surface area contributed by atoms with Crippen LogP contribution in [0.1, 0.15) is 65.4 Å². The number of benzene rings is 2. The van der Waals surface area contributed by atoms with Gasteiger partial charge in [0.2, 0.25) is 0 Å². The Morgan fingerprint density at radius 1 is 0.902 bits per heavy atom. The Morgan fingerprint density at radius 2 is 1.68 bits per heavy atom. The fraction of sp³-hybridized carbons (Fsp3) is 0.300. The zero-order valence-corrected chi connectivity index (χ0v) is 23.4. The normalized spacial score (nSPS) is 14.8. The molecule has 206 valence electrons. The molecule has 1 aliphatic carbocycles. The highest BCUT2D eigenvalue weighted by atomic mass is 35.5. The number of carbonyl (C=O) groups is 1. The van der Waals surface area contributed by atoms with Crippen LogP contribution < -0.4 is 0 Å². The minimum atomic E-state index is -0.342. The molecule has 0 atom stereocenters. The first-order valence-electron chi connectivity index (χ1n) is 13.8. The van der Waals surface area contributed by atoms with Crippen molar-refractivity contribution in [2.45, 2.75) is 57.7 Å². The Kier molecular flexibility index (Phi) is 6.34. The largest absolute Gasteiger partial charge is 0.296 e. The third kappa shape index (κ3) is 4.78. The maximum absolute atomic E-state index is 10.8. The molecule has 10 nitrogen and oxygen atoms in total. The number of rotatable bonds is 9. The van der Waals surface area contributed by atoms with Gasteiger partial charge < -0.3 is 0 Å². The van der Waals surface area contributed by atoms with Gasteiger partial charge in [0.05, 0.1) is 23.8 Å². The van der Waals surface area contributed by atoms with Crippen LogP contribution in [0.5, 0.6) is 0 Å². The smallest absolute Gasteiger partial charge is 0.171 e. The number of aryl methyl sites for hydroxylation is 3. The highest BCUT2D eigenvalue weighted by Gasteiger charge is 2.51. The average molecular weight is 566 g/mol. The van der Waals surface area contributed by atoms with Crippen molar-refractivity contribution in [3.8, 4) is 16.8 Å². The molecule has 5 aromatic rings. The minimum absolute atomic E-state index is 0.342. The third-order valence-corrected chi connectivity index (χ3v) is 8.07. The molecule has 1 aliphatic heterocycles. The van der Waals surface area contributed by atoms with Gasteiger partial charge in [0, 0.05) is 41.0 Å². The summed E-state index contributed by atoms with van der Waals surface area (Å²) in [5.74, 6) is 1.77. The van der Waals surface area contributed by atoms with Crippen LogP contribution in [-0.2, 0) is 18.6 Å². The standard InChI is InChI=1S/C30H28ClN9O/c1-20-34-36-29-30(11-12-30)33-28(21-5-8-24(31)9-6-21)26-15-22(7-10-27(26)40(20)29)23-16-32-38(17-23)13-3-2-4-14-39-18-25(19-41)35-37-39/h5-10,15-19H,2-4,11-14H2,1H3. The number of halogens is 1. The van der Waals surface area contributed by atoms with Gasteiger partial charge in [0.25, 0.3) is 0 Å². The summed E-state index contributed by atoms with van der Waals surface area (Å²) in [7, 11) is 0. The number of hydrogen-bond acceptors (Lipinski definition) is 7. The van der Waals surface area contributed by atoms with Gasteiger partial charge in [-0.3, -0.25) is 23.7 Å². The van der Waals surface area contributed by atoms with Crippen LogP contribution >= 0.6 is 11.6 Å². The average Bonchev–Trinajstić information content (AvgIpc) is 3.30. The lowest BCUT2D eigenvalue weighted by Crippen LogP contribution is -2.11. The van der Waals surface area contributed by atoms with Crippen molar-refractivity contribution in [2.75, 3.05) is 0 Å². The number of aliphatic imine (C=N–C) groups is 1. The van der Waals surface area contributed by atoms with E-state index in [0.717, 1.165) is 90.5 Å². The first-order valence-corrected chi connectivity index (χ1v) is 14.2. The van der Waals surface area contributed by atoms with Crippen molar-refractivity contribution in [2.24, 2.45) is 4.99 Å². The number of hydrogen-bond donors (Lipinski definition) is 0. The second-order valence-electron chi connectivity index (χ2n) is 10.7. The van der Waals surface area contributed by atoms with E-state index >= 15 is 0 Å². The second kappa shape index (κ2) is 10.2. The number of nitrogens with zero attached hydrogens (tertiary/aromatic N) is 9. The van der Waals surface area contributed by atoms with E-state index in [0.29, 0.717) is 17.0 Å². The maximum atomic E-state index is 10.8. The molecule has 2 aliphatic rings. The summed E-state index contributed by atoms with van der Waals surface area (Å²) in [4.78, 5) is 16.1. The number of carbonyl (C=O) groups excluding carboxylic acids is 1. The summed E-state index contributed by atoms with van der Waals surface area (Å²) in [5.41, 5.74) is 6.19. The molecule has 1 spiro atoms. The van der Waals surface area contributed by atoms with Gasteiger partial charge in [-0.1, -0.05) is 35.0 Å². The zero-order valence-electron chi connectivity index (χ0n) is 22.6. The van der Waals surface area contributed by atoms with Crippen LogP contribution in [0.2, 0.25) is 5.02 Å². The van der Waals surface area contributed by atoms with E-state index in [1.54, 1.807) is 10.9 Å². The Bertz CT molecular complexity index is 1780. The maximum Gasteiger partial charge on any atom is 0.171 e. The van der Waals surface area contributed by atoms with Crippen LogP contribution in [0.3, 0.4) is 0 Å². The molecule has 7 rings (SSSR count). The quantitative estimate of drug-likeness (QED) is 0.179. The molecule has 11 heteroatoms. The number of fused-ring (bicyclic) bond motifs is 4. The van der Waals surface area contributed by atoms with E-state index in [2.05, 4.69) is 54.6 Å². The lowest BCUT2D eigenvalue weighted by Gasteiger charge is -2.14. The summed E-state index contributed by atoms with van der Waals surface area (Å²) in [6.45, 7) is 3.56. The summed E-state index contributed by atoms with van der Waals surface area (Å²) in [6.07, 6.45) is 11.3. The summed E-state index contributed by atoms with van der Waals surface area (Å²) < 4.78 is 5.88. The van der Waals surface area contributed by atoms with E-state index in [9.17, 15) is 4.79 Å². The van der Waals surface area contributed by atoms with Crippen LogP contribution in [0.15, 0.2) is 66.0 Å². The molecule has 2 aromatic carbocycles. The molecular formula is C30H28ClN9O. The Balaban J connectivity index is 1.14. The SMILES string of the molecule is Cc1nnc2n1-c1ccc(-c3cnn(CCCCCn4cc(C=O)nn4)c3)cc1C(c1ccc(Cl)cc1)=NC21CC1. The van der Waals surface area contributed by atoms with Crippen LogP contribution in [0.4, 0.5) is 0 Å². The molecule has 4 heterocycles. The van der Waals surface area contributed by atoms with Gasteiger partial charge in [0.15, 0.2) is 12.1 Å². The van der Waals surface area contributed by atoms with Gasteiger partial charge in [0.1, 0.15) is 17.1 Å². The Labute approximate surface area is 241 Å².